The highest BCUT2D eigenvalue weighted by Gasteiger charge is 2.28. The van der Waals surface area contributed by atoms with E-state index in [1.807, 2.05) is 0 Å². The number of anilines is 2. The minimum absolute atomic E-state index is 0.113. The molecule has 14 heteroatoms. The van der Waals surface area contributed by atoms with Gasteiger partial charge in [0.25, 0.3) is 5.91 Å². The molecule has 0 aliphatic heterocycles. The number of halogens is 1. The summed E-state index contributed by atoms with van der Waals surface area (Å²) in [5, 5.41) is 13.6. The third kappa shape index (κ3) is 7.28. The second-order valence-corrected chi connectivity index (χ2v) is 11.3. The van der Waals surface area contributed by atoms with E-state index >= 15 is 0 Å². The second-order valence-electron chi connectivity index (χ2n) is 7.29. The Morgan fingerprint density at radius 2 is 1.76 bits per heavy atom. The van der Waals surface area contributed by atoms with E-state index in [0.717, 1.165) is 34.4 Å². The monoisotopic (exact) mass is 582 g/mol. The van der Waals surface area contributed by atoms with Gasteiger partial charge in [-0.15, -0.1) is 21.5 Å². The molecule has 2 aromatic heterocycles. The largest absolute Gasteiger partial charge is 0.462 e. The predicted molar refractivity (Wildman–Crippen MR) is 144 cm³/mol. The lowest BCUT2D eigenvalue weighted by molar-refractivity contribution is -0.115. The molecule has 0 bridgehead atoms. The maximum absolute atomic E-state index is 12.9. The zero-order chi connectivity index (χ0) is 27.1. The van der Waals surface area contributed by atoms with E-state index in [1.165, 1.54) is 6.07 Å². The number of hydrogen-bond donors (Lipinski definition) is 2. The van der Waals surface area contributed by atoms with Crippen molar-refractivity contribution in [2.75, 3.05) is 23.8 Å². The average molecular weight is 583 g/mol. The van der Waals surface area contributed by atoms with Crippen molar-refractivity contribution >= 4 is 79.9 Å². The number of aromatic nitrogens is 2. The van der Waals surface area contributed by atoms with Crippen LogP contribution in [0.3, 0.4) is 0 Å². The highest BCUT2D eigenvalue weighted by Crippen LogP contribution is 2.36. The molecular formula is C23H23ClN4O6S3. The number of nitrogens with one attached hydrogen (secondary N) is 2. The summed E-state index contributed by atoms with van der Waals surface area (Å²) in [6.07, 6.45) is 0. The van der Waals surface area contributed by atoms with Gasteiger partial charge in [-0.3, -0.25) is 14.9 Å². The molecule has 196 valence electrons. The van der Waals surface area contributed by atoms with Gasteiger partial charge in [0.05, 0.1) is 24.0 Å². The molecule has 0 fully saturated rings. The maximum Gasteiger partial charge on any atom is 0.348 e. The highest BCUT2D eigenvalue weighted by molar-refractivity contribution is 8.02. The molecule has 1 atom stereocenters. The third-order valence-corrected chi connectivity index (χ3v) is 8.13. The van der Waals surface area contributed by atoms with Gasteiger partial charge in [0, 0.05) is 10.6 Å². The van der Waals surface area contributed by atoms with Gasteiger partial charge in [-0.1, -0.05) is 40.8 Å². The highest BCUT2D eigenvalue weighted by atomic mass is 35.5. The zero-order valence-electron chi connectivity index (χ0n) is 20.2. The first-order valence-corrected chi connectivity index (χ1v) is 13.9. The van der Waals surface area contributed by atoms with Crippen molar-refractivity contribution < 1.29 is 28.7 Å². The summed E-state index contributed by atoms with van der Waals surface area (Å²) < 4.78 is 10.6. The maximum atomic E-state index is 12.9. The van der Waals surface area contributed by atoms with Crippen LogP contribution in [-0.4, -0.2) is 52.4 Å². The fourth-order valence-electron chi connectivity index (χ4n) is 2.97. The molecule has 3 rings (SSSR count). The predicted octanol–water partition coefficient (Wildman–Crippen LogP) is 5.29. The molecule has 0 spiro atoms. The minimum atomic E-state index is -0.647. The SMILES string of the molecule is CCOC(=O)c1sc(NC(=O)C(C)Sc2nnc(NC(=O)c3cccc(Cl)c3)s2)c(C(=O)OCC)c1C. The molecule has 3 aromatic rings. The Balaban J connectivity index is 1.70. The van der Waals surface area contributed by atoms with Crippen molar-refractivity contribution in [3.8, 4) is 0 Å². The lowest BCUT2D eigenvalue weighted by Crippen LogP contribution is -2.23. The Morgan fingerprint density at radius 3 is 2.43 bits per heavy atom. The summed E-state index contributed by atoms with van der Waals surface area (Å²) in [5.41, 5.74) is 0.861. The Hall–Kier alpha value is -3.00. The summed E-state index contributed by atoms with van der Waals surface area (Å²) in [6.45, 7) is 6.90. The van der Waals surface area contributed by atoms with Crippen LogP contribution in [0, 0.1) is 6.92 Å². The van der Waals surface area contributed by atoms with Crippen LogP contribution >= 0.6 is 46.0 Å². The number of ether oxygens (including phenoxy) is 2. The van der Waals surface area contributed by atoms with Crippen LogP contribution in [-0.2, 0) is 14.3 Å². The molecule has 0 saturated carbocycles. The molecule has 2 heterocycles. The van der Waals surface area contributed by atoms with Crippen molar-refractivity contribution in [2.45, 2.75) is 37.3 Å². The Labute approximate surface area is 230 Å². The molecule has 1 aromatic carbocycles. The van der Waals surface area contributed by atoms with E-state index in [4.69, 9.17) is 21.1 Å². The lowest BCUT2D eigenvalue weighted by atomic mass is 10.1. The number of rotatable bonds is 10. The van der Waals surface area contributed by atoms with Crippen LogP contribution in [0.2, 0.25) is 5.02 Å². The van der Waals surface area contributed by atoms with Crippen LogP contribution in [0.1, 0.15) is 56.7 Å². The fraction of sp³-hybridized carbons (Fsp3) is 0.304. The number of thiophene rings is 1. The quantitative estimate of drug-likeness (QED) is 0.186. The first-order valence-electron chi connectivity index (χ1n) is 11.0. The van der Waals surface area contributed by atoms with Gasteiger partial charge in [0.2, 0.25) is 11.0 Å². The van der Waals surface area contributed by atoms with Crippen LogP contribution in [0.15, 0.2) is 28.6 Å². The van der Waals surface area contributed by atoms with Gasteiger partial charge in [0.15, 0.2) is 4.34 Å². The Morgan fingerprint density at radius 1 is 1.05 bits per heavy atom. The number of amides is 2. The zero-order valence-corrected chi connectivity index (χ0v) is 23.5. The topological polar surface area (TPSA) is 137 Å². The van der Waals surface area contributed by atoms with Gasteiger partial charge in [0.1, 0.15) is 9.88 Å². The average Bonchev–Trinajstić information content (AvgIpc) is 3.42. The van der Waals surface area contributed by atoms with Crippen LogP contribution in [0.4, 0.5) is 10.1 Å². The fourth-order valence-corrected chi connectivity index (χ4v) is 6.14. The number of thioether (sulfide) groups is 1. The molecule has 2 N–H and O–H groups in total. The van der Waals surface area contributed by atoms with E-state index in [-0.39, 0.29) is 33.8 Å². The summed E-state index contributed by atoms with van der Waals surface area (Å²) in [7, 11) is 0. The van der Waals surface area contributed by atoms with Gasteiger partial charge < -0.3 is 14.8 Å². The Bertz CT molecular complexity index is 1330. The number of nitrogens with zero attached hydrogens (tertiary/aromatic N) is 2. The van der Waals surface area contributed by atoms with Gasteiger partial charge >= 0.3 is 11.9 Å². The summed E-state index contributed by atoms with van der Waals surface area (Å²) >= 11 is 9.11. The van der Waals surface area contributed by atoms with E-state index in [0.29, 0.717) is 20.5 Å². The first-order chi connectivity index (χ1) is 17.6. The summed E-state index contributed by atoms with van der Waals surface area (Å²) in [6, 6.07) is 6.48. The van der Waals surface area contributed by atoms with Crippen molar-refractivity contribution in [1.82, 2.24) is 10.2 Å². The molecule has 1 unspecified atom stereocenters. The van der Waals surface area contributed by atoms with Gasteiger partial charge in [-0.25, -0.2) is 9.59 Å². The summed E-state index contributed by atoms with van der Waals surface area (Å²) in [4.78, 5) is 50.4. The molecule has 10 nitrogen and oxygen atoms in total. The first kappa shape index (κ1) is 28.6. The van der Waals surface area contributed by atoms with Crippen molar-refractivity contribution in [1.29, 1.82) is 0 Å². The standard InChI is InChI=1S/C23H23ClN4O6S3/c1-5-33-20(31)15-11(3)16(21(32)34-6-2)36-19(15)25-17(29)12(4)35-23-28-27-22(37-23)26-18(30)13-8-7-9-14(24)10-13/h7-10,12H,5-6H2,1-4H3,(H,25,29)(H,26,27,30). The number of carbonyl (C=O) groups is 4. The van der Waals surface area contributed by atoms with Gasteiger partial charge in [-0.2, -0.15) is 0 Å². The number of carbonyl (C=O) groups excluding carboxylic acids is 4. The minimum Gasteiger partial charge on any atom is -0.462 e. The lowest BCUT2D eigenvalue weighted by Gasteiger charge is -2.10. The molecule has 37 heavy (non-hydrogen) atoms. The van der Waals surface area contributed by atoms with Crippen LogP contribution < -0.4 is 10.6 Å². The summed E-state index contributed by atoms with van der Waals surface area (Å²) in [5.74, 6) is -2.05. The smallest absolute Gasteiger partial charge is 0.348 e. The molecule has 0 aliphatic rings. The Kier molecular flexibility index (Phi) is 10.0. The molecular weight excluding hydrogens is 560 g/mol. The van der Waals surface area contributed by atoms with Crippen molar-refractivity contribution in [3.05, 3.63) is 50.9 Å². The van der Waals surface area contributed by atoms with Crippen molar-refractivity contribution in [2.24, 2.45) is 0 Å². The normalized spacial score (nSPS) is 11.5. The molecule has 0 radical (unpaired) electrons. The van der Waals surface area contributed by atoms with Gasteiger partial charge in [-0.05, 0) is 51.5 Å². The second kappa shape index (κ2) is 13.0. The van der Waals surface area contributed by atoms with Crippen LogP contribution in [0.25, 0.3) is 0 Å². The number of esters is 2. The molecule has 0 aliphatic carbocycles. The van der Waals surface area contributed by atoms with E-state index in [2.05, 4.69) is 20.8 Å². The third-order valence-electron chi connectivity index (χ3n) is 4.68. The number of hydrogen-bond acceptors (Lipinski definition) is 11. The van der Waals surface area contributed by atoms with E-state index < -0.39 is 29.0 Å². The van der Waals surface area contributed by atoms with Crippen LogP contribution in [0.5, 0.6) is 0 Å². The van der Waals surface area contributed by atoms with E-state index in [9.17, 15) is 19.2 Å². The molecule has 2 amide bonds. The van der Waals surface area contributed by atoms with E-state index in [1.54, 1.807) is 45.9 Å². The number of benzene rings is 1. The van der Waals surface area contributed by atoms with Crippen molar-refractivity contribution in [3.63, 3.8) is 0 Å². The molecule has 0 saturated heterocycles.